The van der Waals surface area contributed by atoms with E-state index in [0.29, 0.717) is 12.3 Å². The Morgan fingerprint density at radius 3 is 2.89 bits per heavy atom. The minimum Gasteiger partial charge on any atom is -0.461 e. The van der Waals surface area contributed by atoms with E-state index in [9.17, 15) is 4.79 Å². The van der Waals surface area contributed by atoms with Gasteiger partial charge in [0.05, 0.1) is 24.2 Å². The number of nitrogens with two attached hydrogens (primary N) is 1. The maximum absolute atomic E-state index is 11.6. The van der Waals surface area contributed by atoms with E-state index in [-0.39, 0.29) is 5.69 Å². The van der Waals surface area contributed by atoms with Gasteiger partial charge in [0.15, 0.2) is 5.69 Å². The second-order valence-electron chi connectivity index (χ2n) is 3.55. The predicted octanol–water partition coefficient (Wildman–Crippen LogP) is 2.39. The van der Waals surface area contributed by atoms with Crippen molar-refractivity contribution in [3.63, 3.8) is 0 Å². The van der Waals surface area contributed by atoms with Crippen LogP contribution in [0, 0.1) is 0 Å². The molecule has 0 aliphatic rings. The van der Waals surface area contributed by atoms with Crippen LogP contribution in [0.15, 0.2) is 34.9 Å². The zero-order valence-electron chi connectivity index (χ0n) is 9.76. The number of halogens is 1. The number of hydrogen-bond acceptors (Lipinski definition) is 4. The lowest BCUT2D eigenvalue weighted by Gasteiger charge is -2.03. The highest BCUT2D eigenvalue weighted by Gasteiger charge is 2.17. The molecule has 0 spiro atoms. The molecule has 0 bridgehead atoms. The second-order valence-corrected chi connectivity index (χ2v) is 4.40. The summed E-state index contributed by atoms with van der Waals surface area (Å²) in [6.07, 6.45) is 1.59. The fraction of sp³-hybridized carbons (Fsp3) is 0.167. The standard InChI is InChI=1S/C12H12BrN3O2/c1-2-18-12(17)11-9(14)7-16(15-11)10-6-4-3-5-8(10)13/h3-7H,2,14H2,1H3. The Morgan fingerprint density at radius 1 is 1.50 bits per heavy atom. The monoisotopic (exact) mass is 309 g/mol. The van der Waals surface area contributed by atoms with Crippen molar-refractivity contribution in [2.24, 2.45) is 0 Å². The Bertz CT molecular complexity index is 580. The lowest BCUT2D eigenvalue weighted by atomic mass is 10.3. The summed E-state index contributed by atoms with van der Waals surface area (Å²) in [4.78, 5) is 11.6. The first-order chi connectivity index (χ1) is 8.63. The normalized spacial score (nSPS) is 10.3. The molecule has 0 saturated carbocycles. The number of ether oxygens (including phenoxy) is 1. The van der Waals surface area contributed by atoms with Crippen LogP contribution in [0.1, 0.15) is 17.4 Å². The Morgan fingerprint density at radius 2 is 2.22 bits per heavy atom. The summed E-state index contributed by atoms with van der Waals surface area (Å²) in [5.74, 6) is -0.513. The van der Waals surface area contributed by atoms with Crippen molar-refractivity contribution in [1.82, 2.24) is 9.78 Å². The fourth-order valence-corrected chi connectivity index (χ4v) is 1.97. The Hall–Kier alpha value is -1.82. The molecule has 0 radical (unpaired) electrons. The lowest BCUT2D eigenvalue weighted by molar-refractivity contribution is 0.0520. The molecule has 1 aromatic carbocycles. The zero-order chi connectivity index (χ0) is 13.1. The molecule has 0 amide bonds. The lowest BCUT2D eigenvalue weighted by Crippen LogP contribution is -2.08. The molecule has 0 saturated heterocycles. The molecule has 5 nitrogen and oxygen atoms in total. The number of carbonyl (C=O) groups is 1. The van der Waals surface area contributed by atoms with Crippen molar-refractivity contribution in [3.8, 4) is 5.69 Å². The number of carbonyl (C=O) groups excluding carboxylic acids is 1. The largest absolute Gasteiger partial charge is 0.461 e. The number of aromatic nitrogens is 2. The van der Waals surface area contributed by atoms with Gasteiger partial charge in [0.1, 0.15) is 0 Å². The smallest absolute Gasteiger partial charge is 0.361 e. The molecular weight excluding hydrogens is 298 g/mol. The summed E-state index contributed by atoms with van der Waals surface area (Å²) in [5, 5.41) is 4.15. The van der Waals surface area contributed by atoms with E-state index in [4.69, 9.17) is 10.5 Å². The summed E-state index contributed by atoms with van der Waals surface area (Å²) >= 11 is 3.42. The van der Waals surface area contributed by atoms with E-state index in [2.05, 4.69) is 21.0 Å². The molecule has 2 rings (SSSR count). The summed E-state index contributed by atoms with van der Waals surface area (Å²) < 4.78 is 7.29. The Balaban J connectivity index is 2.41. The Kier molecular flexibility index (Phi) is 3.66. The van der Waals surface area contributed by atoms with Gasteiger partial charge in [0.25, 0.3) is 0 Å². The van der Waals surface area contributed by atoms with E-state index < -0.39 is 5.97 Å². The average Bonchev–Trinajstić information content (AvgIpc) is 2.72. The summed E-state index contributed by atoms with van der Waals surface area (Å²) in [7, 11) is 0. The van der Waals surface area contributed by atoms with Gasteiger partial charge in [-0.05, 0) is 35.0 Å². The van der Waals surface area contributed by atoms with Gasteiger partial charge >= 0.3 is 5.97 Å². The Labute approximate surface area is 113 Å². The van der Waals surface area contributed by atoms with Gasteiger partial charge in [0.2, 0.25) is 0 Å². The maximum Gasteiger partial charge on any atom is 0.361 e. The summed E-state index contributed by atoms with van der Waals surface area (Å²) in [6, 6.07) is 7.53. The number of nitrogen functional groups attached to an aromatic ring is 1. The molecule has 0 atom stereocenters. The molecule has 1 heterocycles. The highest BCUT2D eigenvalue weighted by Crippen LogP contribution is 2.22. The third-order valence-electron chi connectivity index (χ3n) is 2.31. The van der Waals surface area contributed by atoms with Gasteiger partial charge in [-0.2, -0.15) is 5.10 Å². The number of nitrogens with zero attached hydrogens (tertiary/aromatic N) is 2. The van der Waals surface area contributed by atoms with Gasteiger partial charge in [0, 0.05) is 4.47 Å². The first-order valence-electron chi connectivity index (χ1n) is 5.40. The molecule has 0 unspecified atom stereocenters. The molecule has 0 fully saturated rings. The number of benzene rings is 1. The third-order valence-corrected chi connectivity index (χ3v) is 2.98. The first kappa shape index (κ1) is 12.6. The highest BCUT2D eigenvalue weighted by atomic mass is 79.9. The van der Waals surface area contributed by atoms with Gasteiger partial charge in [-0.3, -0.25) is 0 Å². The van der Waals surface area contributed by atoms with E-state index in [1.807, 2.05) is 24.3 Å². The number of hydrogen-bond donors (Lipinski definition) is 1. The molecule has 0 aliphatic carbocycles. The average molecular weight is 310 g/mol. The SMILES string of the molecule is CCOC(=O)c1nn(-c2ccccc2Br)cc1N. The maximum atomic E-state index is 11.6. The van der Waals surface area contributed by atoms with Crippen molar-refractivity contribution in [2.45, 2.75) is 6.92 Å². The van der Waals surface area contributed by atoms with E-state index >= 15 is 0 Å². The zero-order valence-corrected chi connectivity index (χ0v) is 11.3. The van der Waals surface area contributed by atoms with E-state index in [1.165, 1.54) is 0 Å². The third kappa shape index (κ3) is 2.38. The van der Waals surface area contributed by atoms with Crippen molar-refractivity contribution in [2.75, 3.05) is 12.3 Å². The molecule has 18 heavy (non-hydrogen) atoms. The van der Waals surface area contributed by atoms with Crippen molar-refractivity contribution >= 4 is 27.6 Å². The molecule has 0 aliphatic heterocycles. The van der Waals surface area contributed by atoms with Crippen LogP contribution in [-0.4, -0.2) is 22.4 Å². The fourth-order valence-electron chi connectivity index (χ4n) is 1.51. The van der Waals surface area contributed by atoms with Crippen LogP contribution in [0.25, 0.3) is 5.69 Å². The van der Waals surface area contributed by atoms with Crippen LogP contribution in [0.2, 0.25) is 0 Å². The van der Waals surface area contributed by atoms with Gasteiger partial charge in [-0.25, -0.2) is 9.48 Å². The molecule has 94 valence electrons. The first-order valence-corrected chi connectivity index (χ1v) is 6.20. The quantitative estimate of drug-likeness (QED) is 0.884. The summed E-state index contributed by atoms with van der Waals surface area (Å²) in [6.45, 7) is 2.03. The summed E-state index contributed by atoms with van der Waals surface area (Å²) in [5.41, 5.74) is 6.99. The van der Waals surface area contributed by atoms with Gasteiger partial charge in [-0.1, -0.05) is 12.1 Å². The molecule has 2 aromatic rings. The topological polar surface area (TPSA) is 70.1 Å². The van der Waals surface area contributed by atoms with E-state index in [1.54, 1.807) is 17.8 Å². The van der Waals surface area contributed by atoms with Crippen molar-refractivity contribution < 1.29 is 9.53 Å². The van der Waals surface area contributed by atoms with Crippen LogP contribution < -0.4 is 5.73 Å². The molecule has 6 heteroatoms. The van der Waals surface area contributed by atoms with Crippen LogP contribution in [0.5, 0.6) is 0 Å². The van der Waals surface area contributed by atoms with Crippen molar-refractivity contribution in [3.05, 3.63) is 40.6 Å². The van der Waals surface area contributed by atoms with Crippen LogP contribution >= 0.6 is 15.9 Å². The number of esters is 1. The van der Waals surface area contributed by atoms with Crippen molar-refractivity contribution in [1.29, 1.82) is 0 Å². The second kappa shape index (κ2) is 5.22. The van der Waals surface area contributed by atoms with E-state index in [0.717, 1.165) is 10.2 Å². The molecule has 2 N–H and O–H groups in total. The van der Waals surface area contributed by atoms with Crippen LogP contribution in [0.3, 0.4) is 0 Å². The minimum absolute atomic E-state index is 0.132. The molecular formula is C12H12BrN3O2. The predicted molar refractivity (Wildman–Crippen MR) is 71.6 cm³/mol. The van der Waals surface area contributed by atoms with Crippen LogP contribution in [-0.2, 0) is 4.74 Å². The van der Waals surface area contributed by atoms with Crippen LogP contribution in [0.4, 0.5) is 5.69 Å². The van der Waals surface area contributed by atoms with Gasteiger partial charge < -0.3 is 10.5 Å². The van der Waals surface area contributed by atoms with Gasteiger partial charge in [-0.15, -0.1) is 0 Å². The minimum atomic E-state index is -0.513. The number of anilines is 1. The highest BCUT2D eigenvalue weighted by molar-refractivity contribution is 9.10. The number of rotatable bonds is 3. The number of para-hydroxylation sites is 1. The molecule has 1 aromatic heterocycles.